The molecule has 2 heterocycles. The van der Waals surface area contributed by atoms with Gasteiger partial charge in [-0.3, -0.25) is 9.59 Å². The monoisotopic (exact) mass is 391 g/mol. The van der Waals surface area contributed by atoms with E-state index < -0.39 is 0 Å². The Bertz CT molecular complexity index is 1040. The zero-order valence-electron chi connectivity index (χ0n) is 16.6. The van der Waals surface area contributed by atoms with Gasteiger partial charge in [-0.25, -0.2) is 4.68 Å². The maximum Gasteiger partial charge on any atom is 0.274 e. The van der Waals surface area contributed by atoms with E-state index in [1.165, 1.54) is 30.6 Å². The Hall–Kier alpha value is -2.99. The maximum atomic E-state index is 12.9. The maximum absolute atomic E-state index is 12.9. The third-order valence-corrected chi connectivity index (χ3v) is 5.56. The Morgan fingerprint density at radius 3 is 2.45 bits per heavy atom. The fourth-order valence-corrected chi connectivity index (χ4v) is 4.02. The lowest BCUT2D eigenvalue weighted by atomic mass is 10.1. The third-order valence-electron chi connectivity index (χ3n) is 5.56. The van der Waals surface area contributed by atoms with E-state index in [1.54, 1.807) is 17.0 Å². The summed E-state index contributed by atoms with van der Waals surface area (Å²) in [6.45, 7) is 4.52. The van der Waals surface area contributed by atoms with Crippen LogP contribution in [-0.4, -0.2) is 41.9 Å². The second-order valence-corrected chi connectivity index (χ2v) is 7.66. The summed E-state index contributed by atoms with van der Waals surface area (Å²) in [5.74, 6) is -0.223. The Balaban J connectivity index is 1.54. The van der Waals surface area contributed by atoms with Gasteiger partial charge in [-0.2, -0.15) is 5.10 Å². The fourth-order valence-electron chi connectivity index (χ4n) is 4.02. The molecule has 0 atom stereocenters. The van der Waals surface area contributed by atoms with Gasteiger partial charge < -0.3 is 10.2 Å². The number of aromatic nitrogens is 2. The average Bonchev–Trinajstić information content (AvgIpc) is 3.27. The predicted octanol–water partition coefficient (Wildman–Crippen LogP) is 1.24. The molecule has 1 aromatic heterocycles. The molecule has 0 aliphatic carbocycles. The summed E-state index contributed by atoms with van der Waals surface area (Å²) in [7, 11) is 0. The summed E-state index contributed by atoms with van der Waals surface area (Å²) in [6.07, 6.45) is 3.56. The van der Waals surface area contributed by atoms with Crippen molar-refractivity contribution in [3.63, 3.8) is 0 Å². The number of benzene rings is 2. The van der Waals surface area contributed by atoms with Gasteiger partial charge in [0.15, 0.2) is 5.69 Å². The minimum absolute atomic E-state index is 0.182. The highest BCUT2D eigenvalue weighted by Gasteiger charge is 2.18. The second-order valence-electron chi connectivity index (χ2n) is 7.66. The molecule has 0 bridgehead atoms. The van der Waals surface area contributed by atoms with Gasteiger partial charge in [-0.15, -0.1) is 0 Å². The minimum atomic E-state index is -0.223. The third kappa shape index (κ3) is 4.54. The van der Waals surface area contributed by atoms with Crippen molar-refractivity contribution in [2.45, 2.75) is 25.8 Å². The van der Waals surface area contributed by atoms with Crippen LogP contribution in [0.3, 0.4) is 0 Å². The first-order chi connectivity index (χ1) is 14.2. The predicted molar refractivity (Wildman–Crippen MR) is 113 cm³/mol. The zero-order chi connectivity index (χ0) is 20.1. The molecule has 6 nitrogen and oxygen atoms in total. The van der Waals surface area contributed by atoms with E-state index in [2.05, 4.69) is 10.4 Å². The largest absolute Gasteiger partial charge is 0.350 e. The molecule has 1 fully saturated rings. The number of amides is 1. The van der Waals surface area contributed by atoms with Crippen LogP contribution in [-0.2, 0) is 6.54 Å². The number of nitrogens with one attached hydrogen (secondary N) is 2. The van der Waals surface area contributed by atoms with Crippen molar-refractivity contribution in [1.29, 1.82) is 0 Å². The van der Waals surface area contributed by atoms with Crippen LogP contribution in [0.25, 0.3) is 10.8 Å². The number of quaternary nitrogens is 1. The van der Waals surface area contributed by atoms with Crippen LogP contribution in [0.4, 0.5) is 0 Å². The number of fused-ring (bicyclic) bond motifs is 1. The van der Waals surface area contributed by atoms with Crippen molar-refractivity contribution in [2.24, 2.45) is 0 Å². The van der Waals surface area contributed by atoms with Crippen molar-refractivity contribution < 1.29 is 9.69 Å². The van der Waals surface area contributed by atoms with Gasteiger partial charge in [0, 0.05) is 31.2 Å². The Labute approximate surface area is 170 Å². The first-order valence-electron chi connectivity index (χ1n) is 10.4. The van der Waals surface area contributed by atoms with Crippen molar-refractivity contribution >= 4 is 16.7 Å². The molecular formula is C23H27N4O2+. The van der Waals surface area contributed by atoms with Crippen molar-refractivity contribution in [3.8, 4) is 0 Å². The van der Waals surface area contributed by atoms with E-state index in [4.69, 9.17) is 0 Å². The molecule has 150 valence electrons. The molecule has 29 heavy (non-hydrogen) atoms. The molecule has 2 aromatic carbocycles. The molecule has 4 rings (SSSR count). The van der Waals surface area contributed by atoms with Crippen molar-refractivity contribution in [3.05, 3.63) is 76.2 Å². The van der Waals surface area contributed by atoms with Crippen LogP contribution >= 0.6 is 0 Å². The fraction of sp³-hybridized carbons (Fsp3) is 0.348. The summed E-state index contributed by atoms with van der Waals surface area (Å²) in [6, 6.07) is 16.9. The molecule has 0 radical (unpaired) electrons. The summed E-state index contributed by atoms with van der Waals surface area (Å²) < 4.78 is 1.39. The van der Waals surface area contributed by atoms with Crippen LogP contribution in [0.2, 0.25) is 0 Å². The molecule has 6 heteroatoms. The molecule has 0 saturated carbocycles. The lowest BCUT2D eigenvalue weighted by Crippen LogP contribution is -3.10. The molecule has 1 amide bonds. The zero-order valence-corrected chi connectivity index (χ0v) is 16.6. The molecule has 1 aliphatic rings. The molecule has 1 aliphatic heterocycles. The van der Waals surface area contributed by atoms with Crippen LogP contribution < -0.4 is 15.8 Å². The van der Waals surface area contributed by atoms with E-state index in [0.29, 0.717) is 29.6 Å². The highest BCUT2D eigenvalue weighted by molar-refractivity contribution is 6.04. The molecular weight excluding hydrogens is 364 g/mol. The lowest BCUT2D eigenvalue weighted by molar-refractivity contribution is -0.887. The Kier molecular flexibility index (Phi) is 6.00. The Morgan fingerprint density at radius 1 is 1.00 bits per heavy atom. The van der Waals surface area contributed by atoms with Crippen LogP contribution in [0, 0.1) is 0 Å². The lowest BCUT2D eigenvalue weighted by Gasteiger charge is -2.13. The van der Waals surface area contributed by atoms with Crippen molar-refractivity contribution in [2.75, 3.05) is 26.2 Å². The molecule has 0 spiro atoms. The molecule has 2 N–H and O–H groups in total. The van der Waals surface area contributed by atoms with Crippen LogP contribution in [0.5, 0.6) is 0 Å². The average molecular weight is 391 g/mol. The SMILES string of the molecule is O=C(NCCC[NH+]1CCCC1)c1nn(Cc2ccccc2)c(=O)c2ccccc12. The highest BCUT2D eigenvalue weighted by atomic mass is 16.2. The number of carbonyl (C=O) groups is 1. The molecule has 1 saturated heterocycles. The standard InChI is InChI=1S/C23H26N4O2/c28-22(24-13-8-16-26-14-6-7-15-26)21-19-11-4-5-12-20(19)23(29)27(25-21)17-18-9-2-1-3-10-18/h1-5,9-12H,6-8,13-17H2,(H,24,28)/p+1. The van der Waals surface area contributed by atoms with Gasteiger partial charge in [-0.05, 0) is 11.6 Å². The van der Waals surface area contributed by atoms with E-state index in [9.17, 15) is 9.59 Å². The van der Waals surface area contributed by atoms with Crippen LogP contribution in [0.15, 0.2) is 59.4 Å². The van der Waals surface area contributed by atoms with Gasteiger partial charge in [-0.1, -0.05) is 48.5 Å². The number of hydrogen-bond acceptors (Lipinski definition) is 3. The number of nitrogens with zero attached hydrogens (tertiary/aromatic N) is 2. The van der Waals surface area contributed by atoms with E-state index in [1.807, 2.05) is 42.5 Å². The number of carbonyl (C=O) groups excluding carboxylic acids is 1. The van der Waals surface area contributed by atoms with E-state index in [0.717, 1.165) is 18.5 Å². The summed E-state index contributed by atoms with van der Waals surface area (Å²) in [4.78, 5) is 27.4. The van der Waals surface area contributed by atoms with Gasteiger partial charge in [0.25, 0.3) is 11.5 Å². The van der Waals surface area contributed by atoms with Crippen LogP contribution in [0.1, 0.15) is 35.3 Å². The van der Waals surface area contributed by atoms with Gasteiger partial charge >= 0.3 is 0 Å². The Morgan fingerprint density at radius 2 is 1.69 bits per heavy atom. The summed E-state index contributed by atoms with van der Waals surface area (Å²) >= 11 is 0. The molecule has 0 unspecified atom stereocenters. The first kappa shape index (κ1) is 19.3. The minimum Gasteiger partial charge on any atom is -0.350 e. The van der Waals surface area contributed by atoms with E-state index in [-0.39, 0.29) is 11.5 Å². The quantitative estimate of drug-likeness (QED) is 0.596. The second kappa shape index (κ2) is 9.01. The molecule has 3 aromatic rings. The van der Waals surface area contributed by atoms with E-state index >= 15 is 0 Å². The highest BCUT2D eigenvalue weighted by Crippen LogP contribution is 2.14. The number of hydrogen-bond donors (Lipinski definition) is 2. The summed E-state index contributed by atoms with van der Waals surface area (Å²) in [5, 5.41) is 8.55. The topological polar surface area (TPSA) is 68.4 Å². The van der Waals surface area contributed by atoms with Gasteiger partial charge in [0.1, 0.15) is 0 Å². The van der Waals surface area contributed by atoms with Gasteiger partial charge in [0.05, 0.1) is 31.6 Å². The van der Waals surface area contributed by atoms with Gasteiger partial charge in [0.2, 0.25) is 0 Å². The smallest absolute Gasteiger partial charge is 0.274 e. The first-order valence-corrected chi connectivity index (χ1v) is 10.4. The number of likely N-dealkylation sites (tertiary alicyclic amines) is 1. The number of rotatable bonds is 7. The normalized spacial score (nSPS) is 14.3. The summed E-state index contributed by atoms with van der Waals surface area (Å²) in [5.41, 5.74) is 1.10. The van der Waals surface area contributed by atoms with Crippen molar-refractivity contribution in [1.82, 2.24) is 15.1 Å².